The molecule has 0 aliphatic rings. The third kappa shape index (κ3) is 6.26. The van der Waals surface area contributed by atoms with E-state index >= 15 is 0 Å². The molecule has 0 amide bonds. The van der Waals surface area contributed by atoms with Crippen molar-refractivity contribution in [2.45, 2.75) is 0 Å². The third-order valence-electron chi connectivity index (χ3n) is 12.1. The van der Waals surface area contributed by atoms with Crippen molar-refractivity contribution in [2.24, 2.45) is 0 Å². The standard InChI is InChI=1S/C58H37NOS/c1-2-10-42-36-45(20-19-38(42)9-1)44-12-7-11-43(35-44)39-21-28-47(29-22-39)59(48-30-23-40(24-31-48)46-27-34-52-51-13-3-5-17-55(51)60-56(52)37-46)49-32-25-41(26-33-49)50-15-8-16-54-53-14-4-6-18-57(53)61-58(50)54/h1-37H. The number of hydrogen-bond donors (Lipinski definition) is 0. The number of furan rings is 1. The first-order valence-corrected chi connectivity index (χ1v) is 21.5. The summed E-state index contributed by atoms with van der Waals surface area (Å²) in [6, 6.07) is 81.2. The highest BCUT2D eigenvalue weighted by Gasteiger charge is 2.16. The Bertz CT molecular complexity index is 3580. The molecule has 286 valence electrons. The van der Waals surface area contributed by atoms with Gasteiger partial charge in [0.25, 0.3) is 0 Å². The first kappa shape index (κ1) is 35.2. The van der Waals surface area contributed by atoms with Gasteiger partial charge in [-0.2, -0.15) is 0 Å². The molecular weight excluding hydrogens is 759 g/mol. The number of fused-ring (bicyclic) bond motifs is 7. The molecule has 12 rings (SSSR count). The Balaban J connectivity index is 0.910. The maximum absolute atomic E-state index is 6.25. The van der Waals surface area contributed by atoms with Gasteiger partial charge >= 0.3 is 0 Å². The Morgan fingerprint density at radius 2 is 0.836 bits per heavy atom. The Morgan fingerprint density at radius 3 is 1.59 bits per heavy atom. The zero-order valence-electron chi connectivity index (χ0n) is 33.1. The van der Waals surface area contributed by atoms with Gasteiger partial charge in [0.2, 0.25) is 0 Å². The van der Waals surface area contributed by atoms with Crippen LogP contribution in [0, 0.1) is 0 Å². The topological polar surface area (TPSA) is 16.4 Å². The van der Waals surface area contributed by atoms with E-state index in [1.165, 1.54) is 64.3 Å². The predicted octanol–water partition coefficient (Wildman–Crippen LogP) is 17.2. The van der Waals surface area contributed by atoms with Gasteiger partial charge in [-0.05, 0) is 128 Å². The quantitative estimate of drug-likeness (QED) is 0.160. The Labute approximate surface area is 357 Å². The van der Waals surface area contributed by atoms with Crippen molar-refractivity contribution in [3.63, 3.8) is 0 Å². The third-order valence-corrected chi connectivity index (χ3v) is 13.3. The predicted molar refractivity (Wildman–Crippen MR) is 261 cm³/mol. The van der Waals surface area contributed by atoms with Crippen molar-refractivity contribution in [3.05, 3.63) is 224 Å². The van der Waals surface area contributed by atoms with Crippen LogP contribution in [0.2, 0.25) is 0 Å². The van der Waals surface area contributed by atoms with Gasteiger partial charge in [0.1, 0.15) is 11.2 Å². The summed E-state index contributed by atoms with van der Waals surface area (Å²) in [5.74, 6) is 0. The zero-order chi connectivity index (χ0) is 40.3. The van der Waals surface area contributed by atoms with Crippen LogP contribution in [-0.2, 0) is 0 Å². The molecule has 2 heterocycles. The van der Waals surface area contributed by atoms with Gasteiger partial charge in [0, 0.05) is 48.0 Å². The van der Waals surface area contributed by atoms with Crippen LogP contribution in [0.25, 0.3) is 97.4 Å². The maximum atomic E-state index is 6.25. The Morgan fingerprint density at radius 1 is 0.311 bits per heavy atom. The van der Waals surface area contributed by atoms with Gasteiger partial charge in [-0.1, -0.05) is 152 Å². The fourth-order valence-electron chi connectivity index (χ4n) is 8.97. The molecule has 0 unspecified atom stereocenters. The molecule has 0 fully saturated rings. The minimum atomic E-state index is 0.902. The number of para-hydroxylation sites is 1. The van der Waals surface area contributed by atoms with Crippen LogP contribution in [0.1, 0.15) is 0 Å². The summed E-state index contributed by atoms with van der Waals surface area (Å²) in [6.45, 7) is 0. The lowest BCUT2D eigenvalue weighted by molar-refractivity contribution is 0.669. The van der Waals surface area contributed by atoms with E-state index in [0.29, 0.717) is 0 Å². The van der Waals surface area contributed by atoms with Crippen LogP contribution in [0.15, 0.2) is 229 Å². The Hall–Kier alpha value is -7.72. The summed E-state index contributed by atoms with van der Waals surface area (Å²) >= 11 is 1.87. The lowest BCUT2D eigenvalue weighted by Crippen LogP contribution is -2.09. The van der Waals surface area contributed by atoms with E-state index in [1.807, 2.05) is 23.5 Å². The molecule has 10 aromatic carbocycles. The average molecular weight is 796 g/mol. The van der Waals surface area contributed by atoms with E-state index in [1.54, 1.807) is 0 Å². The van der Waals surface area contributed by atoms with Crippen LogP contribution in [-0.4, -0.2) is 0 Å². The van der Waals surface area contributed by atoms with E-state index in [9.17, 15) is 0 Å². The lowest BCUT2D eigenvalue weighted by Gasteiger charge is -2.26. The first-order valence-electron chi connectivity index (χ1n) is 20.7. The van der Waals surface area contributed by atoms with E-state index in [2.05, 4.69) is 217 Å². The molecule has 0 N–H and O–H groups in total. The average Bonchev–Trinajstić information content (AvgIpc) is 3.91. The molecule has 12 aromatic rings. The number of benzene rings is 10. The number of hydrogen-bond acceptors (Lipinski definition) is 3. The molecule has 61 heavy (non-hydrogen) atoms. The molecule has 0 spiro atoms. The summed E-state index contributed by atoms with van der Waals surface area (Å²) in [6.07, 6.45) is 0. The molecule has 0 saturated heterocycles. The minimum absolute atomic E-state index is 0.902. The highest BCUT2D eigenvalue weighted by molar-refractivity contribution is 7.26. The molecule has 0 bridgehead atoms. The van der Waals surface area contributed by atoms with Gasteiger partial charge in [-0.15, -0.1) is 11.3 Å². The molecule has 2 nitrogen and oxygen atoms in total. The molecule has 3 heteroatoms. The van der Waals surface area contributed by atoms with Crippen LogP contribution in [0.5, 0.6) is 0 Å². The summed E-state index contributed by atoms with van der Waals surface area (Å²) in [5, 5.41) is 7.41. The molecular formula is C58H37NOS. The van der Waals surface area contributed by atoms with Crippen molar-refractivity contribution in [1.29, 1.82) is 0 Å². The molecule has 0 aliphatic heterocycles. The van der Waals surface area contributed by atoms with Crippen LogP contribution in [0.3, 0.4) is 0 Å². The smallest absolute Gasteiger partial charge is 0.136 e. The summed E-state index contributed by atoms with van der Waals surface area (Å²) in [7, 11) is 0. The lowest BCUT2D eigenvalue weighted by atomic mass is 9.97. The van der Waals surface area contributed by atoms with Crippen molar-refractivity contribution in [2.75, 3.05) is 4.90 Å². The van der Waals surface area contributed by atoms with Crippen molar-refractivity contribution < 1.29 is 4.42 Å². The molecule has 0 radical (unpaired) electrons. The molecule has 0 saturated carbocycles. The number of nitrogens with zero attached hydrogens (tertiary/aromatic N) is 1. The van der Waals surface area contributed by atoms with Crippen LogP contribution < -0.4 is 4.90 Å². The minimum Gasteiger partial charge on any atom is -0.456 e. The van der Waals surface area contributed by atoms with Gasteiger partial charge in [0.05, 0.1) is 0 Å². The van der Waals surface area contributed by atoms with E-state index in [4.69, 9.17) is 4.42 Å². The summed E-state index contributed by atoms with van der Waals surface area (Å²) in [5.41, 5.74) is 14.6. The normalized spacial score (nSPS) is 11.6. The van der Waals surface area contributed by atoms with E-state index < -0.39 is 0 Å². The molecule has 0 aliphatic carbocycles. The number of rotatable bonds is 7. The Kier molecular flexibility index (Phi) is 8.39. The number of anilines is 3. The fourth-order valence-corrected chi connectivity index (χ4v) is 10.2. The van der Waals surface area contributed by atoms with E-state index in [0.717, 1.165) is 50.1 Å². The molecule has 2 aromatic heterocycles. The van der Waals surface area contributed by atoms with Crippen molar-refractivity contribution >= 4 is 81.3 Å². The summed E-state index contributed by atoms with van der Waals surface area (Å²) in [4.78, 5) is 2.35. The SMILES string of the molecule is c1cc(-c2ccc(N(c3ccc(-c4ccc5c(c4)oc4ccccc45)cc3)c3ccc(-c4cccc5c4sc4ccccc45)cc3)cc2)cc(-c2ccc3ccccc3c2)c1. The maximum Gasteiger partial charge on any atom is 0.136 e. The first-order chi connectivity index (χ1) is 30.2. The second kappa shape index (κ2) is 14.5. The van der Waals surface area contributed by atoms with Crippen LogP contribution in [0.4, 0.5) is 17.1 Å². The van der Waals surface area contributed by atoms with Gasteiger partial charge in [-0.3, -0.25) is 0 Å². The van der Waals surface area contributed by atoms with Gasteiger partial charge in [0.15, 0.2) is 0 Å². The monoisotopic (exact) mass is 795 g/mol. The van der Waals surface area contributed by atoms with Gasteiger partial charge < -0.3 is 9.32 Å². The highest BCUT2D eigenvalue weighted by atomic mass is 32.1. The number of thiophene rings is 1. The highest BCUT2D eigenvalue weighted by Crippen LogP contribution is 2.42. The van der Waals surface area contributed by atoms with Crippen LogP contribution >= 0.6 is 11.3 Å². The molecule has 0 atom stereocenters. The van der Waals surface area contributed by atoms with Crippen molar-refractivity contribution in [1.82, 2.24) is 0 Å². The zero-order valence-corrected chi connectivity index (χ0v) is 33.9. The largest absolute Gasteiger partial charge is 0.456 e. The fraction of sp³-hybridized carbons (Fsp3) is 0. The van der Waals surface area contributed by atoms with Crippen molar-refractivity contribution in [3.8, 4) is 44.5 Å². The van der Waals surface area contributed by atoms with E-state index in [-0.39, 0.29) is 0 Å². The van der Waals surface area contributed by atoms with Gasteiger partial charge in [-0.25, -0.2) is 0 Å². The second-order valence-electron chi connectivity index (χ2n) is 15.7. The second-order valence-corrected chi connectivity index (χ2v) is 16.8. The summed E-state index contributed by atoms with van der Waals surface area (Å²) < 4.78 is 8.89.